The first-order valence-corrected chi connectivity index (χ1v) is 8.43. The Hall–Kier alpha value is -1.44. The van der Waals surface area contributed by atoms with Gasteiger partial charge in [-0.25, -0.2) is 9.59 Å². The van der Waals surface area contributed by atoms with E-state index in [1.54, 1.807) is 0 Å². The van der Waals surface area contributed by atoms with E-state index in [2.05, 4.69) is 0 Å². The Labute approximate surface area is 113 Å². The number of carboxylic acid groups (broad SMARTS) is 2. The van der Waals surface area contributed by atoms with Crippen molar-refractivity contribution in [3.05, 3.63) is 37.5 Å². The smallest absolute Gasteiger partial charge is 0.332 e. The second kappa shape index (κ2) is 9.48. The van der Waals surface area contributed by atoms with Crippen LogP contribution in [0.15, 0.2) is 24.3 Å². The van der Waals surface area contributed by atoms with Crippen LogP contribution < -0.4 is 0 Å². The summed E-state index contributed by atoms with van der Waals surface area (Å²) in [5.74, 6) is -2.00. The summed E-state index contributed by atoms with van der Waals surface area (Å²) in [6.45, 7) is 6.63. The van der Waals surface area contributed by atoms with E-state index < -0.39 is 20.5 Å². The second-order valence-corrected chi connectivity index (χ2v) is 7.19. The van der Waals surface area contributed by atoms with Crippen LogP contribution in [0.3, 0.4) is 0 Å². The second-order valence-electron chi connectivity index (χ2n) is 3.92. The Morgan fingerprint density at radius 3 is 1.63 bits per heavy atom. The molecule has 0 rings (SSSR count). The summed E-state index contributed by atoms with van der Waals surface area (Å²) >= 11 is 0. The Balaban J connectivity index is 3.74. The monoisotopic (exact) mass is 286 g/mol. The number of hydrogen-bond acceptors (Lipinski definition) is 4. The van der Waals surface area contributed by atoms with Crippen LogP contribution >= 0.6 is 0 Å². The highest BCUT2D eigenvalue weighted by Gasteiger charge is 2.23. The van der Waals surface area contributed by atoms with Gasteiger partial charge in [-0.05, 0) is 25.9 Å². The Kier molecular flexibility index (Phi) is 8.76. The van der Waals surface area contributed by atoms with Crippen molar-refractivity contribution in [2.45, 2.75) is 25.9 Å². The molecule has 0 aliphatic heterocycles. The number of rotatable bonds is 10. The SMILES string of the molecule is C[Si](C)(O[CH]CC=CC(=O)O)O[CH]CC=CC(=O)O. The van der Waals surface area contributed by atoms with Gasteiger partial charge in [0.05, 0.1) is 13.2 Å². The van der Waals surface area contributed by atoms with Crippen molar-refractivity contribution in [1.82, 2.24) is 0 Å². The zero-order valence-corrected chi connectivity index (χ0v) is 11.9. The largest absolute Gasteiger partial charge is 0.478 e. The van der Waals surface area contributed by atoms with E-state index in [-0.39, 0.29) is 0 Å². The lowest BCUT2D eigenvalue weighted by molar-refractivity contribution is -0.132. The third-order valence-electron chi connectivity index (χ3n) is 1.72. The maximum Gasteiger partial charge on any atom is 0.332 e. The molecule has 0 aromatic rings. The van der Waals surface area contributed by atoms with Crippen molar-refractivity contribution in [1.29, 1.82) is 0 Å². The normalized spacial score (nSPS) is 12.3. The Morgan fingerprint density at radius 1 is 0.947 bits per heavy atom. The first kappa shape index (κ1) is 17.6. The molecule has 0 aliphatic rings. The molecule has 0 heterocycles. The molecule has 0 saturated heterocycles. The molecule has 2 radical (unpaired) electrons. The van der Waals surface area contributed by atoms with E-state index in [0.29, 0.717) is 12.8 Å². The molecule has 106 valence electrons. The number of carbonyl (C=O) groups is 2. The first-order valence-electron chi connectivity index (χ1n) is 5.61. The molecule has 0 amide bonds. The van der Waals surface area contributed by atoms with Crippen LogP contribution in [0.4, 0.5) is 0 Å². The van der Waals surface area contributed by atoms with Gasteiger partial charge in [0.15, 0.2) is 0 Å². The quantitative estimate of drug-likeness (QED) is 0.363. The highest BCUT2D eigenvalue weighted by atomic mass is 28.4. The molecule has 0 bridgehead atoms. The molecular weight excluding hydrogens is 268 g/mol. The highest BCUT2D eigenvalue weighted by Crippen LogP contribution is 2.12. The van der Waals surface area contributed by atoms with E-state index in [0.717, 1.165) is 12.2 Å². The summed E-state index contributed by atoms with van der Waals surface area (Å²) in [6.07, 6.45) is 5.77. The summed E-state index contributed by atoms with van der Waals surface area (Å²) in [5, 5.41) is 16.7. The number of carboxylic acids is 2. The Bertz CT molecular complexity index is 316. The lowest BCUT2D eigenvalue weighted by Gasteiger charge is -2.21. The number of hydrogen-bond donors (Lipinski definition) is 2. The van der Waals surface area contributed by atoms with E-state index in [1.807, 2.05) is 13.1 Å². The summed E-state index contributed by atoms with van der Waals surface area (Å²) in [6, 6.07) is 0. The van der Waals surface area contributed by atoms with Gasteiger partial charge in [0.1, 0.15) is 0 Å². The van der Waals surface area contributed by atoms with Gasteiger partial charge in [-0.2, -0.15) is 0 Å². The molecule has 0 fully saturated rings. The van der Waals surface area contributed by atoms with E-state index in [1.165, 1.54) is 25.4 Å². The standard InChI is InChI=1S/C12H18O6Si/c1-19(2,17-9-5-3-7-11(13)14)18-10-6-4-8-12(15)16/h3-4,7-10H,5-6H2,1-2H3,(H,13,14)(H,15,16). The van der Waals surface area contributed by atoms with Gasteiger partial charge < -0.3 is 19.1 Å². The van der Waals surface area contributed by atoms with Gasteiger partial charge in [-0.1, -0.05) is 12.2 Å². The van der Waals surface area contributed by atoms with Crippen LogP contribution in [0.5, 0.6) is 0 Å². The third kappa shape index (κ3) is 12.8. The van der Waals surface area contributed by atoms with Gasteiger partial charge >= 0.3 is 20.5 Å². The number of aliphatic carboxylic acids is 2. The summed E-state index contributed by atoms with van der Waals surface area (Å²) in [4.78, 5) is 20.4. The summed E-state index contributed by atoms with van der Waals surface area (Å²) < 4.78 is 10.8. The molecule has 0 aromatic heterocycles. The van der Waals surface area contributed by atoms with Crippen LogP contribution in [0.1, 0.15) is 12.8 Å². The molecule has 2 N–H and O–H groups in total. The van der Waals surface area contributed by atoms with Crippen LogP contribution in [0.25, 0.3) is 0 Å². The predicted octanol–water partition coefficient (Wildman–Crippen LogP) is 2.11. The minimum atomic E-state index is -2.33. The highest BCUT2D eigenvalue weighted by molar-refractivity contribution is 6.64. The van der Waals surface area contributed by atoms with Gasteiger partial charge in [0.2, 0.25) is 0 Å². The van der Waals surface area contributed by atoms with Crippen molar-refractivity contribution in [2.24, 2.45) is 0 Å². The van der Waals surface area contributed by atoms with Crippen LogP contribution in [0, 0.1) is 13.2 Å². The molecule has 0 aromatic carbocycles. The fourth-order valence-corrected chi connectivity index (χ4v) is 2.02. The van der Waals surface area contributed by atoms with Gasteiger partial charge in [-0.15, -0.1) is 0 Å². The lowest BCUT2D eigenvalue weighted by Crippen LogP contribution is -2.32. The van der Waals surface area contributed by atoms with Gasteiger partial charge in [0.25, 0.3) is 0 Å². The van der Waals surface area contributed by atoms with Crippen molar-refractivity contribution >= 4 is 20.5 Å². The van der Waals surface area contributed by atoms with Crippen LogP contribution in [0.2, 0.25) is 13.1 Å². The van der Waals surface area contributed by atoms with Gasteiger partial charge in [-0.3, -0.25) is 0 Å². The Morgan fingerprint density at radius 2 is 1.32 bits per heavy atom. The maximum atomic E-state index is 10.2. The molecule has 0 saturated carbocycles. The molecule has 0 atom stereocenters. The topological polar surface area (TPSA) is 93.1 Å². The van der Waals surface area contributed by atoms with Crippen molar-refractivity contribution < 1.29 is 28.7 Å². The van der Waals surface area contributed by atoms with E-state index >= 15 is 0 Å². The van der Waals surface area contributed by atoms with Crippen molar-refractivity contribution in [3.63, 3.8) is 0 Å². The molecule has 0 unspecified atom stereocenters. The minimum absolute atomic E-state index is 0.380. The van der Waals surface area contributed by atoms with E-state index in [9.17, 15) is 9.59 Å². The van der Waals surface area contributed by atoms with Gasteiger partial charge in [0, 0.05) is 12.2 Å². The average molecular weight is 286 g/mol. The minimum Gasteiger partial charge on any atom is -0.478 e. The fraction of sp³-hybridized carbons (Fsp3) is 0.333. The predicted molar refractivity (Wildman–Crippen MR) is 71.0 cm³/mol. The molecule has 0 aliphatic carbocycles. The molecule has 0 spiro atoms. The first-order chi connectivity index (χ1) is 8.83. The molecular formula is C12H18O6Si. The molecule has 7 heteroatoms. The fourth-order valence-electron chi connectivity index (χ4n) is 0.974. The summed E-state index contributed by atoms with van der Waals surface area (Å²) in [7, 11) is -2.33. The van der Waals surface area contributed by atoms with E-state index in [4.69, 9.17) is 19.1 Å². The molecule has 19 heavy (non-hydrogen) atoms. The van der Waals surface area contributed by atoms with Crippen LogP contribution in [-0.2, 0) is 18.4 Å². The van der Waals surface area contributed by atoms with Crippen LogP contribution in [-0.4, -0.2) is 30.7 Å². The summed E-state index contributed by atoms with van der Waals surface area (Å²) in [5.41, 5.74) is 0. The zero-order valence-electron chi connectivity index (χ0n) is 10.9. The average Bonchev–Trinajstić information content (AvgIpc) is 2.27. The zero-order chi connectivity index (χ0) is 14.7. The molecule has 6 nitrogen and oxygen atoms in total. The third-order valence-corrected chi connectivity index (χ3v) is 3.19. The van der Waals surface area contributed by atoms with Crippen molar-refractivity contribution in [2.75, 3.05) is 0 Å². The lowest BCUT2D eigenvalue weighted by atomic mass is 10.4. The van der Waals surface area contributed by atoms with Crippen molar-refractivity contribution in [3.8, 4) is 0 Å². The maximum absolute atomic E-state index is 10.2.